The van der Waals surface area contributed by atoms with Crippen LogP contribution in [0.4, 0.5) is 0 Å². The highest BCUT2D eigenvalue weighted by atomic mass is 15.1. The molecule has 0 aliphatic carbocycles. The minimum atomic E-state index is 0.593. The Kier molecular flexibility index (Phi) is 12.1. The van der Waals surface area contributed by atoms with E-state index in [0.717, 1.165) is 166 Å². The Hall–Kier alpha value is -12.8. The van der Waals surface area contributed by atoms with Crippen molar-refractivity contribution in [3.63, 3.8) is 0 Å². The van der Waals surface area contributed by atoms with Crippen LogP contribution in [0.15, 0.2) is 328 Å². The number of rotatable bonds is 10. The largest absolute Gasteiger partial charge is 0.306 e. The van der Waals surface area contributed by atoms with E-state index in [2.05, 4.69) is 346 Å². The van der Waals surface area contributed by atoms with E-state index >= 15 is 0 Å². The zero-order valence-electron chi connectivity index (χ0n) is 50.8. The summed E-state index contributed by atoms with van der Waals surface area (Å²) in [7, 11) is 0. The molecular formula is C86H54N8. The molecule has 438 valence electrons. The van der Waals surface area contributed by atoms with E-state index in [4.69, 9.17) is 19.9 Å². The van der Waals surface area contributed by atoms with Crippen LogP contribution in [0.1, 0.15) is 0 Å². The van der Waals surface area contributed by atoms with Gasteiger partial charge in [0, 0.05) is 65.3 Å². The summed E-state index contributed by atoms with van der Waals surface area (Å²) in [6.45, 7) is 0. The van der Waals surface area contributed by atoms with Crippen LogP contribution in [0.3, 0.4) is 0 Å². The molecule has 94 heavy (non-hydrogen) atoms. The van der Waals surface area contributed by atoms with Gasteiger partial charge in [-0.25, -0.2) is 19.9 Å². The van der Waals surface area contributed by atoms with Gasteiger partial charge in [0.1, 0.15) is 0 Å². The van der Waals surface area contributed by atoms with E-state index in [9.17, 15) is 0 Å². The first-order valence-electron chi connectivity index (χ1n) is 31.9. The van der Waals surface area contributed by atoms with Crippen molar-refractivity contribution in [3.8, 4) is 90.6 Å². The predicted octanol–water partition coefficient (Wildman–Crippen LogP) is 21.7. The van der Waals surface area contributed by atoms with Gasteiger partial charge < -0.3 is 18.3 Å². The van der Waals surface area contributed by atoms with Crippen molar-refractivity contribution in [2.75, 3.05) is 0 Å². The molecule has 0 radical (unpaired) electrons. The van der Waals surface area contributed by atoms with E-state index in [-0.39, 0.29) is 0 Å². The lowest BCUT2D eigenvalue weighted by molar-refractivity contribution is 1.04. The normalized spacial score (nSPS) is 11.8. The second-order valence-corrected chi connectivity index (χ2v) is 24.0. The zero-order chi connectivity index (χ0) is 61.8. The van der Waals surface area contributed by atoms with Crippen LogP contribution >= 0.6 is 0 Å². The van der Waals surface area contributed by atoms with Gasteiger partial charge in [-0.3, -0.25) is 0 Å². The smallest absolute Gasteiger partial charge is 0.160 e. The number of fused-ring (bicyclic) bond motifs is 12. The van der Waals surface area contributed by atoms with Crippen LogP contribution in [0, 0.1) is 0 Å². The van der Waals surface area contributed by atoms with Gasteiger partial charge >= 0.3 is 0 Å². The molecule has 0 amide bonds. The Morgan fingerprint density at radius 1 is 0.170 bits per heavy atom. The van der Waals surface area contributed by atoms with Gasteiger partial charge in [-0.15, -0.1) is 0 Å². The van der Waals surface area contributed by atoms with Gasteiger partial charge in [0.05, 0.1) is 101 Å². The molecule has 0 N–H and O–H groups in total. The van der Waals surface area contributed by atoms with E-state index in [1.165, 1.54) is 0 Å². The zero-order valence-corrected chi connectivity index (χ0v) is 50.8. The van der Waals surface area contributed by atoms with Crippen LogP contribution in [0.25, 0.3) is 178 Å². The van der Waals surface area contributed by atoms with Crippen LogP contribution < -0.4 is 0 Å². The minimum absolute atomic E-state index is 0.593. The van der Waals surface area contributed by atoms with Gasteiger partial charge in [0.2, 0.25) is 0 Å². The molecule has 8 heteroatoms. The Morgan fingerprint density at radius 2 is 0.351 bits per heavy atom. The van der Waals surface area contributed by atoms with Gasteiger partial charge in [-0.05, 0) is 60.7 Å². The third-order valence-corrected chi connectivity index (χ3v) is 18.8. The molecule has 6 heterocycles. The van der Waals surface area contributed by atoms with Crippen molar-refractivity contribution in [1.82, 2.24) is 38.2 Å². The van der Waals surface area contributed by atoms with Crippen LogP contribution in [-0.4, -0.2) is 38.2 Å². The van der Waals surface area contributed by atoms with Gasteiger partial charge in [-0.2, -0.15) is 0 Å². The Morgan fingerprint density at radius 3 is 0.574 bits per heavy atom. The molecule has 13 aromatic carbocycles. The van der Waals surface area contributed by atoms with Crippen LogP contribution in [0.2, 0.25) is 0 Å². The third-order valence-electron chi connectivity index (χ3n) is 18.8. The molecule has 6 aromatic heterocycles. The second-order valence-electron chi connectivity index (χ2n) is 24.0. The fourth-order valence-corrected chi connectivity index (χ4v) is 14.8. The summed E-state index contributed by atoms with van der Waals surface area (Å²) in [6.07, 6.45) is 0. The summed E-state index contributed by atoms with van der Waals surface area (Å²) in [6, 6.07) is 118. The molecule has 0 spiro atoms. The van der Waals surface area contributed by atoms with E-state index in [1.807, 2.05) is 0 Å². The average molecular weight is 1200 g/mol. The predicted molar refractivity (Wildman–Crippen MR) is 388 cm³/mol. The molecule has 0 bridgehead atoms. The monoisotopic (exact) mass is 1200 g/mol. The maximum Gasteiger partial charge on any atom is 0.160 e. The molecule has 8 nitrogen and oxygen atoms in total. The van der Waals surface area contributed by atoms with E-state index in [1.54, 1.807) is 0 Å². The Labute approximate surface area is 540 Å². The van der Waals surface area contributed by atoms with E-state index in [0.29, 0.717) is 11.6 Å². The van der Waals surface area contributed by atoms with Gasteiger partial charge in [0.25, 0.3) is 0 Å². The van der Waals surface area contributed by atoms with Gasteiger partial charge in [0.15, 0.2) is 11.6 Å². The lowest BCUT2D eigenvalue weighted by atomic mass is 9.92. The number of nitrogens with zero attached hydrogens (tertiary/aromatic N) is 8. The van der Waals surface area contributed by atoms with E-state index < -0.39 is 0 Å². The topological polar surface area (TPSA) is 71.3 Å². The average Bonchev–Trinajstić information content (AvgIpc) is 1.39. The highest BCUT2D eigenvalue weighted by Gasteiger charge is 2.37. The molecule has 0 saturated carbocycles. The second kappa shape index (κ2) is 21.4. The standard InChI is InChI=1S/C86H54N8/c1-5-29-55(30-6-1)67-53-69(89-85(87-67)57-33-9-3-10-34-57)79-81(91-71-45-21-13-37-59(71)60-38-14-22-46-72(60)91)83(93-75-49-25-17-41-63(75)64-42-18-26-50-76(64)93)80(70-54-68(56-31-7-2-8-32-56)88-86(90-70)58-35-11-4-12-36-58)84(94-77-51-27-19-43-65(77)66-44-20-28-52-78(66)94)82(79)92-73-47-23-15-39-61(73)62-40-16-24-48-74(62)92/h1-54H. The first kappa shape index (κ1) is 53.1. The number of para-hydroxylation sites is 8. The number of hydrogen-bond donors (Lipinski definition) is 0. The van der Waals surface area contributed by atoms with Crippen molar-refractivity contribution in [1.29, 1.82) is 0 Å². The summed E-state index contributed by atoms with van der Waals surface area (Å²) in [5.74, 6) is 1.19. The van der Waals surface area contributed by atoms with Crippen molar-refractivity contribution in [2.45, 2.75) is 0 Å². The highest BCUT2D eigenvalue weighted by molar-refractivity contribution is 6.18. The lowest BCUT2D eigenvalue weighted by Gasteiger charge is -2.31. The molecule has 0 aliphatic rings. The molecule has 0 atom stereocenters. The summed E-state index contributed by atoms with van der Waals surface area (Å²) in [4.78, 5) is 23.3. The summed E-state index contributed by atoms with van der Waals surface area (Å²) >= 11 is 0. The molecule has 19 rings (SSSR count). The van der Waals surface area contributed by atoms with Crippen molar-refractivity contribution in [3.05, 3.63) is 328 Å². The quantitative estimate of drug-likeness (QED) is 0.137. The maximum absolute atomic E-state index is 6.08. The first-order chi connectivity index (χ1) is 46.7. The van der Waals surface area contributed by atoms with Crippen LogP contribution in [0.5, 0.6) is 0 Å². The fourth-order valence-electron chi connectivity index (χ4n) is 14.8. The molecule has 0 fully saturated rings. The summed E-state index contributed by atoms with van der Waals surface area (Å²) < 4.78 is 10.2. The Balaban J connectivity index is 1.19. The molecule has 19 aromatic rings. The lowest BCUT2D eigenvalue weighted by Crippen LogP contribution is -2.17. The number of hydrogen-bond acceptors (Lipinski definition) is 4. The molecule has 0 unspecified atom stereocenters. The first-order valence-corrected chi connectivity index (χ1v) is 31.9. The number of benzene rings is 13. The molecular weight excluding hydrogens is 1150 g/mol. The van der Waals surface area contributed by atoms with Crippen molar-refractivity contribution < 1.29 is 0 Å². The third kappa shape index (κ3) is 8.19. The summed E-state index contributed by atoms with van der Waals surface area (Å²) in [5, 5.41) is 8.90. The number of aromatic nitrogens is 8. The highest BCUT2D eigenvalue weighted by Crippen LogP contribution is 2.55. The molecule has 0 saturated heterocycles. The fraction of sp³-hybridized carbons (Fsp3) is 0. The molecule has 0 aliphatic heterocycles. The van der Waals surface area contributed by atoms with Crippen molar-refractivity contribution in [2.24, 2.45) is 0 Å². The minimum Gasteiger partial charge on any atom is -0.306 e. The van der Waals surface area contributed by atoms with Crippen LogP contribution in [-0.2, 0) is 0 Å². The van der Waals surface area contributed by atoms with Crippen molar-refractivity contribution >= 4 is 87.2 Å². The Bertz CT molecular complexity index is 5260. The summed E-state index contributed by atoms with van der Waals surface area (Å²) in [5.41, 5.74) is 20.2. The SMILES string of the molecule is c1ccc(-c2cc(-c3c(-n4c5ccccc5c5ccccc54)c(-n4c5ccccc5c5ccccc54)c(-c4cc(-c5ccccc5)nc(-c5ccccc5)n4)c(-n4c5ccccc5c5ccccc54)c3-n3c4ccccc4c4ccccc43)nc(-c3ccccc3)n2)cc1. The van der Waals surface area contributed by atoms with Gasteiger partial charge in [-0.1, -0.05) is 267 Å². The maximum atomic E-state index is 6.08.